The number of piperidine rings is 1. The number of benzene rings is 1. The van der Waals surface area contributed by atoms with Crippen LogP contribution in [0.1, 0.15) is 31.7 Å². The number of piperazine rings is 1. The van der Waals surface area contributed by atoms with Crippen LogP contribution < -0.4 is 5.32 Å². The SMILES string of the molecule is CC1C2CCCCN2C(=O)CN1C(=O)Nc1ccc(C(F)(F)F)c(Cl)c1. The van der Waals surface area contributed by atoms with Gasteiger partial charge in [0.05, 0.1) is 22.7 Å². The van der Waals surface area contributed by atoms with Crippen molar-refractivity contribution in [2.24, 2.45) is 0 Å². The summed E-state index contributed by atoms with van der Waals surface area (Å²) in [6, 6.07) is 2.32. The van der Waals surface area contributed by atoms with Crippen LogP contribution in [0, 0.1) is 0 Å². The summed E-state index contributed by atoms with van der Waals surface area (Å²) in [5, 5.41) is 2.05. The molecule has 2 heterocycles. The van der Waals surface area contributed by atoms with E-state index in [-0.39, 0.29) is 30.2 Å². The van der Waals surface area contributed by atoms with Crippen LogP contribution in [0.4, 0.5) is 23.7 Å². The van der Waals surface area contributed by atoms with E-state index < -0.39 is 22.8 Å². The van der Waals surface area contributed by atoms with Gasteiger partial charge in [-0.2, -0.15) is 13.2 Å². The highest BCUT2D eigenvalue weighted by molar-refractivity contribution is 6.31. The van der Waals surface area contributed by atoms with Gasteiger partial charge in [-0.25, -0.2) is 4.79 Å². The van der Waals surface area contributed by atoms with E-state index in [1.165, 1.54) is 4.90 Å². The van der Waals surface area contributed by atoms with E-state index >= 15 is 0 Å². The molecule has 0 radical (unpaired) electrons. The van der Waals surface area contributed by atoms with E-state index in [4.69, 9.17) is 11.6 Å². The van der Waals surface area contributed by atoms with Gasteiger partial charge < -0.3 is 15.1 Å². The van der Waals surface area contributed by atoms with E-state index in [1.807, 2.05) is 11.8 Å². The lowest BCUT2D eigenvalue weighted by molar-refractivity contribution is -0.142. The van der Waals surface area contributed by atoms with Crippen molar-refractivity contribution < 1.29 is 22.8 Å². The molecule has 1 N–H and O–H groups in total. The van der Waals surface area contributed by atoms with E-state index in [2.05, 4.69) is 5.32 Å². The number of nitrogens with zero attached hydrogens (tertiary/aromatic N) is 2. The maximum Gasteiger partial charge on any atom is 0.417 e. The molecule has 5 nitrogen and oxygen atoms in total. The normalized spacial score (nSPS) is 23.7. The van der Waals surface area contributed by atoms with Gasteiger partial charge in [0.1, 0.15) is 6.54 Å². The van der Waals surface area contributed by atoms with Crippen molar-refractivity contribution in [1.82, 2.24) is 9.80 Å². The number of nitrogens with one attached hydrogen (secondary N) is 1. The highest BCUT2D eigenvalue weighted by Gasteiger charge is 2.41. The zero-order chi connectivity index (χ0) is 19.1. The number of rotatable bonds is 1. The Morgan fingerprint density at radius 3 is 2.69 bits per heavy atom. The minimum atomic E-state index is -4.56. The molecule has 3 rings (SSSR count). The summed E-state index contributed by atoms with van der Waals surface area (Å²) in [5.41, 5.74) is -0.810. The maximum atomic E-state index is 12.8. The molecule has 2 atom stereocenters. The van der Waals surface area contributed by atoms with Gasteiger partial charge in [-0.15, -0.1) is 0 Å². The van der Waals surface area contributed by atoms with Crippen molar-refractivity contribution in [2.45, 2.75) is 44.4 Å². The molecule has 2 aliphatic heterocycles. The third kappa shape index (κ3) is 3.60. The zero-order valence-electron chi connectivity index (χ0n) is 14.1. The molecule has 2 fully saturated rings. The Kier molecular flexibility index (Phi) is 5.05. The quantitative estimate of drug-likeness (QED) is 0.790. The third-order valence-electron chi connectivity index (χ3n) is 5.01. The van der Waals surface area contributed by atoms with E-state index in [0.29, 0.717) is 6.54 Å². The van der Waals surface area contributed by atoms with Gasteiger partial charge in [0.15, 0.2) is 0 Å². The smallest absolute Gasteiger partial charge is 0.336 e. The lowest BCUT2D eigenvalue weighted by atomic mass is 9.93. The molecule has 1 aromatic carbocycles. The van der Waals surface area contributed by atoms with Gasteiger partial charge >= 0.3 is 12.2 Å². The number of anilines is 1. The second-order valence-corrected chi connectivity index (χ2v) is 7.05. The molecule has 9 heteroatoms. The van der Waals surface area contributed by atoms with E-state index in [1.54, 1.807) is 0 Å². The summed E-state index contributed by atoms with van der Waals surface area (Å²) in [6.07, 6.45) is -1.76. The molecule has 0 aromatic heterocycles. The summed E-state index contributed by atoms with van der Waals surface area (Å²) in [7, 11) is 0. The number of hydrogen-bond donors (Lipinski definition) is 1. The van der Waals surface area contributed by atoms with Crippen molar-refractivity contribution in [3.8, 4) is 0 Å². The van der Waals surface area contributed by atoms with Gasteiger partial charge in [0, 0.05) is 12.2 Å². The fraction of sp³-hybridized carbons (Fsp3) is 0.529. The molecular weight excluding hydrogens is 371 g/mol. The third-order valence-corrected chi connectivity index (χ3v) is 5.32. The number of carbonyl (C=O) groups is 2. The highest BCUT2D eigenvalue weighted by atomic mass is 35.5. The van der Waals surface area contributed by atoms with E-state index in [0.717, 1.165) is 37.5 Å². The second-order valence-electron chi connectivity index (χ2n) is 6.64. The first-order valence-electron chi connectivity index (χ1n) is 8.42. The first kappa shape index (κ1) is 18.8. The molecule has 26 heavy (non-hydrogen) atoms. The summed E-state index contributed by atoms with van der Waals surface area (Å²) in [5.74, 6) is -0.103. The Bertz CT molecular complexity index is 726. The van der Waals surface area contributed by atoms with Crippen LogP contribution in [0.25, 0.3) is 0 Å². The Morgan fingerprint density at radius 2 is 2.04 bits per heavy atom. The topological polar surface area (TPSA) is 52.7 Å². The fourth-order valence-electron chi connectivity index (χ4n) is 3.63. The molecule has 2 saturated heterocycles. The number of hydrogen-bond acceptors (Lipinski definition) is 2. The molecule has 0 bridgehead atoms. The average Bonchev–Trinajstić information content (AvgIpc) is 2.57. The zero-order valence-corrected chi connectivity index (χ0v) is 14.9. The van der Waals surface area contributed by atoms with Crippen LogP contribution in [0.15, 0.2) is 18.2 Å². The molecule has 142 valence electrons. The molecule has 0 spiro atoms. The van der Waals surface area contributed by atoms with Gasteiger partial charge in [-0.3, -0.25) is 4.79 Å². The number of amides is 3. The largest absolute Gasteiger partial charge is 0.417 e. The van der Waals surface area contributed by atoms with Crippen LogP contribution in [0.2, 0.25) is 5.02 Å². The van der Waals surface area contributed by atoms with Crippen LogP contribution in [-0.2, 0) is 11.0 Å². The number of urea groups is 1. The first-order valence-corrected chi connectivity index (χ1v) is 8.80. The number of halogens is 4. The average molecular weight is 390 g/mol. The van der Waals surface area contributed by atoms with Crippen molar-refractivity contribution in [3.63, 3.8) is 0 Å². The molecule has 0 aliphatic carbocycles. The van der Waals surface area contributed by atoms with Crippen LogP contribution in [0.5, 0.6) is 0 Å². The fourth-order valence-corrected chi connectivity index (χ4v) is 3.92. The summed E-state index contributed by atoms with van der Waals surface area (Å²) in [4.78, 5) is 28.1. The Balaban J connectivity index is 1.73. The molecule has 1 aromatic rings. The van der Waals surface area contributed by atoms with Crippen molar-refractivity contribution in [1.29, 1.82) is 0 Å². The summed E-state index contributed by atoms with van der Waals surface area (Å²) >= 11 is 5.68. The lowest BCUT2D eigenvalue weighted by Crippen LogP contribution is -2.64. The lowest BCUT2D eigenvalue weighted by Gasteiger charge is -2.48. The van der Waals surface area contributed by atoms with Crippen molar-refractivity contribution >= 4 is 29.2 Å². The standard InChI is InChI=1S/C17H19ClF3N3O2/c1-10-14-4-2-3-7-23(14)15(25)9-24(10)16(26)22-11-5-6-12(13(18)8-11)17(19,20)21/h5-6,8,10,14H,2-4,7,9H2,1H3,(H,22,26). The second kappa shape index (κ2) is 6.98. The van der Waals surface area contributed by atoms with Crippen molar-refractivity contribution in [3.05, 3.63) is 28.8 Å². The number of carbonyl (C=O) groups excluding carboxylic acids is 2. The molecule has 2 unspecified atom stereocenters. The molecule has 3 amide bonds. The number of fused-ring (bicyclic) bond motifs is 1. The monoisotopic (exact) mass is 389 g/mol. The van der Waals surface area contributed by atoms with Gasteiger partial charge in [0.2, 0.25) is 5.91 Å². The van der Waals surface area contributed by atoms with E-state index in [9.17, 15) is 22.8 Å². The van der Waals surface area contributed by atoms with Gasteiger partial charge in [-0.05, 0) is 44.4 Å². The maximum absolute atomic E-state index is 12.8. The Labute approximate surface area is 154 Å². The van der Waals surface area contributed by atoms with Gasteiger partial charge in [-0.1, -0.05) is 11.6 Å². The summed E-state index contributed by atoms with van der Waals surface area (Å²) in [6.45, 7) is 2.55. The minimum absolute atomic E-state index is 0.0213. The predicted octanol–water partition coefficient (Wildman–Crippen LogP) is 3.98. The van der Waals surface area contributed by atoms with Crippen LogP contribution in [-0.4, -0.2) is 46.9 Å². The Morgan fingerprint density at radius 1 is 1.31 bits per heavy atom. The predicted molar refractivity (Wildman–Crippen MR) is 91.0 cm³/mol. The highest BCUT2D eigenvalue weighted by Crippen LogP contribution is 2.36. The van der Waals surface area contributed by atoms with Crippen molar-refractivity contribution in [2.75, 3.05) is 18.4 Å². The number of alkyl halides is 3. The molecular formula is C17H19ClF3N3O2. The minimum Gasteiger partial charge on any atom is -0.336 e. The Hall–Kier alpha value is -1.96. The van der Waals surface area contributed by atoms with Crippen LogP contribution >= 0.6 is 11.6 Å². The van der Waals surface area contributed by atoms with Crippen LogP contribution in [0.3, 0.4) is 0 Å². The summed E-state index contributed by atoms with van der Waals surface area (Å²) < 4.78 is 38.3. The molecule has 0 saturated carbocycles. The van der Waals surface area contributed by atoms with Gasteiger partial charge in [0.25, 0.3) is 0 Å². The first-order chi connectivity index (χ1) is 12.2. The molecule has 2 aliphatic rings.